The third-order valence-corrected chi connectivity index (χ3v) is 4.87. The molecular formula is C14H22N2O2S. The van der Waals surface area contributed by atoms with Crippen molar-refractivity contribution in [3.8, 4) is 0 Å². The molecule has 5 heteroatoms. The van der Waals surface area contributed by atoms with Crippen LogP contribution in [-0.4, -0.2) is 38.1 Å². The maximum atomic E-state index is 11.2. The Balaban J connectivity index is 2.13. The number of aldehydes is 1. The molecular weight excluding hydrogens is 260 g/mol. The first-order chi connectivity index (χ1) is 9.19. The van der Waals surface area contributed by atoms with Crippen LogP contribution < -0.4 is 4.90 Å². The summed E-state index contributed by atoms with van der Waals surface area (Å²) in [7, 11) is 1.75. The highest BCUT2D eigenvalue weighted by Crippen LogP contribution is 2.33. The van der Waals surface area contributed by atoms with Crippen LogP contribution in [0.3, 0.4) is 0 Å². The Morgan fingerprint density at radius 3 is 3.05 bits per heavy atom. The largest absolute Gasteiger partial charge is 0.384 e. The normalized spacial score (nSPS) is 20.8. The van der Waals surface area contributed by atoms with Crippen LogP contribution in [0.25, 0.3) is 0 Å². The Hall–Kier alpha value is -0.940. The molecule has 1 saturated heterocycles. The van der Waals surface area contributed by atoms with E-state index in [-0.39, 0.29) is 0 Å². The van der Waals surface area contributed by atoms with E-state index in [0.717, 1.165) is 54.5 Å². The van der Waals surface area contributed by atoms with Crippen molar-refractivity contribution < 1.29 is 9.53 Å². The van der Waals surface area contributed by atoms with E-state index >= 15 is 0 Å². The zero-order valence-corrected chi connectivity index (χ0v) is 12.7. The van der Waals surface area contributed by atoms with E-state index in [1.165, 1.54) is 11.3 Å². The molecule has 19 heavy (non-hydrogen) atoms. The molecule has 2 atom stereocenters. The fraction of sp³-hybridized carbons (Fsp3) is 0.714. The standard InChI is InChI=1S/C14H22N2O2S/c1-4-10(2)13-12(8-17)19-14(15-13)16-6-5-11(7-16)9-18-3/h8,10-11H,4-7,9H2,1-3H3. The summed E-state index contributed by atoms with van der Waals surface area (Å²) in [6.45, 7) is 7.06. The first-order valence-electron chi connectivity index (χ1n) is 6.89. The Morgan fingerprint density at radius 1 is 1.63 bits per heavy atom. The zero-order valence-electron chi connectivity index (χ0n) is 11.9. The van der Waals surface area contributed by atoms with Gasteiger partial charge in [-0.1, -0.05) is 25.2 Å². The van der Waals surface area contributed by atoms with E-state index in [1.54, 1.807) is 7.11 Å². The highest BCUT2D eigenvalue weighted by atomic mass is 32.1. The van der Waals surface area contributed by atoms with Gasteiger partial charge in [0.15, 0.2) is 11.4 Å². The lowest BCUT2D eigenvalue weighted by Gasteiger charge is -2.14. The summed E-state index contributed by atoms with van der Waals surface area (Å²) in [4.78, 5) is 19.0. The van der Waals surface area contributed by atoms with Gasteiger partial charge in [-0.2, -0.15) is 0 Å². The summed E-state index contributed by atoms with van der Waals surface area (Å²) in [5, 5.41) is 0.996. The lowest BCUT2D eigenvalue weighted by molar-refractivity contribution is 0.112. The molecule has 0 spiro atoms. The number of anilines is 1. The van der Waals surface area contributed by atoms with E-state index in [1.807, 2.05) is 0 Å². The Kier molecular flexibility index (Phi) is 4.93. The van der Waals surface area contributed by atoms with E-state index in [2.05, 4.69) is 18.7 Å². The second-order valence-electron chi connectivity index (χ2n) is 5.23. The molecule has 1 aromatic rings. The maximum Gasteiger partial charge on any atom is 0.186 e. The van der Waals surface area contributed by atoms with Crippen LogP contribution in [0.15, 0.2) is 0 Å². The third kappa shape index (κ3) is 3.15. The molecule has 2 unspecified atom stereocenters. The van der Waals surface area contributed by atoms with Crippen molar-refractivity contribution >= 4 is 22.8 Å². The van der Waals surface area contributed by atoms with Crippen molar-refractivity contribution in [1.82, 2.24) is 4.98 Å². The minimum Gasteiger partial charge on any atom is -0.384 e. The van der Waals surface area contributed by atoms with E-state index in [0.29, 0.717) is 11.8 Å². The quantitative estimate of drug-likeness (QED) is 0.752. The molecule has 2 heterocycles. The summed E-state index contributed by atoms with van der Waals surface area (Å²) in [5.41, 5.74) is 0.965. The van der Waals surface area contributed by atoms with Gasteiger partial charge in [-0.05, 0) is 18.8 Å². The molecule has 106 valence electrons. The average Bonchev–Trinajstić information content (AvgIpc) is 3.04. The second kappa shape index (κ2) is 6.48. The third-order valence-electron chi connectivity index (χ3n) is 3.81. The van der Waals surface area contributed by atoms with Crippen molar-refractivity contribution in [1.29, 1.82) is 0 Å². The van der Waals surface area contributed by atoms with E-state index < -0.39 is 0 Å². The van der Waals surface area contributed by atoms with Gasteiger partial charge >= 0.3 is 0 Å². The van der Waals surface area contributed by atoms with Crippen LogP contribution in [0, 0.1) is 5.92 Å². The predicted molar refractivity (Wildman–Crippen MR) is 78.4 cm³/mol. The van der Waals surface area contributed by atoms with Crippen LogP contribution in [0.2, 0.25) is 0 Å². The Bertz CT molecular complexity index is 433. The molecule has 1 aromatic heterocycles. The summed E-state index contributed by atoms with van der Waals surface area (Å²) >= 11 is 1.53. The van der Waals surface area contributed by atoms with Gasteiger partial charge in [0.25, 0.3) is 0 Å². The lowest BCUT2D eigenvalue weighted by atomic mass is 10.0. The van der Waals surface area contributed by atoms with Gasteiger partial charge in [-0.25, -0.2) is 4.98 Å². The number of thiazole rings is 1. The summed E-state index contributed by atoms with van der Waals surface area (Å²) in [6, 6.07) is 0. The minimum absolute atomic E-state index is 0.350. The number of carbonyl (C=O) groups excluding carboxylic acids is 1. The maximum absolute atomic E-state index is 11.2. The van der Waals surface area contributed by atoms with Gasteiger partial charge in [0, 0.05) is 26.1 Å². The molecule has 0 radical (unpaired) electrons. The number of aromatic nitrogens is 1. The summed E-state index contributed by atoms with van der Waals surface area (Å²) < 4.78 is 5.22. The number of carbonyl (C=O) groups is 1. The van der Waals surface area contributed by atoms with E-state index in [9.17, 15) is 4.79 Å². The molecule has 4 nitrogen and oxygen atoms in total. The van der Waals surface area contributed by atoms with Crippen LogP contribution in [0.4, 0.5) is 5.13 Å². The monoisotopic (exact) mass is 282 g/mol. The molecule has 0 bridgehead atoms. The number of nitrogens with zero attached hydrogens (tertiary/aromatic N) is 2. The molecule has 0 N–H and O–H groups in total. The van der Waals surface area contributed by atoms with Gasteiger partial charge < -0.3 is 9.64 Å². The smallest absolute Gasteiger partial charge is 0.186 e. The number of hydrogen-bond donors (Lipinski definition) is 0. The van der Waals surface area contributed by atoms with Crippen molar-refractivity contribution in [3.63, 3.8) is 0 Å². The molecule has 1 aliphatic heterocycles. The number of methoxy groups -OCH3 is 1. The van der Waals surface area contributed by atoms with Crippen LogP contribution >= 0.6 is 11.3 Å². The number of hydrogen-bond acceptors (Lipinski definition) is 5. The van der Waals surface area contributed by atoms with Crippen molar-refractivity contribution in [2.45, 2.75) is 32.6 Å². The SMILES string of the molecule is CCC(C)c1nc(N2CCC(COC)C2)sc1C=O. The topological polar surface area (TPSA) is 42.4 Å². The van der Waals surface area contributed by atoms with E-state index in [4.69, 9.17) is 9.72 Å². The van der Waals surface area contributed by atoms with Crippen molar-refractivity contribution in [3.05, 3.63) is 10.6 Å². The summed E-state index contributed by atoms with van der Waals surface area (Å²) in [6.07, 6.45) is 3.10. The number of rotatable bonds is 6. The van der Waals surface area contributed by atoms with Gasteiger partial charge in [0.05, 0.1) is 17.2 Å². The molecule has 0 saturated carbocycles. The highest BCUT2D eigenvalue weighted by Gasteiger charge is 2.26. The van der Waals surface area contributed by atoms with Gasteiger partial charge in [0.1, 0.15) is 0 Å². The first-order valence-corrected chi connectivity index (χ1v) is 7.71. The molecule has 0 aromatic carbocycles. The molecule has 1 aliphatic rings. The lowest BCUT2D eigenvalue weighted by Crippen LogP contribution is -2.20. The second-order valence-corrected chi connectivity index (χ2v) is 6.24. The average molecular weight is 282 g/mol. The Labute approximate surface area is 118 Å². The number of ether oxygens (including phenoxy) is 1. The molecule has 0 aliphatic carbocycles. The minimum atomic E-state index is 0.350. The van der Waals surface area contributed by atoms with Gasteiger partial charge in [-0.15, -0.1) is 0 Å². The molecule has 1 fully saturated rings. The predicted octanol–water partition coefficient (Wildman–Crippen LogP) is 2.94. The van der Waals surface area contributed by atoms with Crippen LogP contribution in [0.5, 0.6) is 0 Å². The summed E-state index contributed by atoms with van der Waals surface area (Å²) in [5.74, 6) is 0.934. The van der Waals surface area contributed by atoms with Crippen LogP contribution in [-0.2, 0) is 4.74 Å². The molecule has 0 amide bonds. The highest BCUT2D eigenvalue weighted by molar-refractivity contribution is 7.17. The fourth-order valence-electron chi connectivity index (χ4n) is 2.48. The van der Waals surface area contributed by atoms with Gasteiger partial charge in [0.2, 0.25) is 0 Å². The van der Waals surface area contributed by atoms with Crippen molar-refractivity contribution in [2.75, 3.05) is 31.7 Å². The Morgan fingerprint density at radius 2 is 2.42 bits per heavy atom. The molecule has 2 rings (SSSR count). The van der Waals surface area contributed by atoms with Crippen LogP contribution in [0.1, 0.15) is 48.0 Å². The van der Waals surface area contributed by atoms with Crippen molar-refractivity contribution in [2.24, 2.45) is 5.92 Å². The zero-order chi connectivity index (χ0) is 13.8. The van der Waals surface area contributed by atoms with Gasteiger partial charge in [-0.3, -0.25) is 4.79 Å². The first kappa shape index (κ1) is 14.5. The fourth-order valence-corrected chi connectivity index (χ4v) is 3.51.